The minimum Gasteiger partial charge on any atom is -0.543 e. The molecule has 0 aromatic heterocycles. The van der Waals surface area contributed by atoms with E-state index in [1.54, 1.807) is 6.26 Å². The predicted molar refractivity (Wildman–Crippen MR) is 190 cm³/mol. The van der Waals surface area contributed by atoms with Crippen LogP contribution in [0.25, 0.3) is 0 Å². The van der Waals surface area contributed by atoms with Gasteiger partial charge < -0.3 is 23.8 Å². The number of fused-ring (bicyclic) bond motifs is 5. The molecule has 2 N–H and O–H groups in total. The van der Waals surface area contributed by atoms with E-state index in [0.29, 0.717) is 45.2 Å². The van der Waals surface area contributed by atoms with Gasteiger partial charge in [-0.25, -0.2) is 0 Å². The van der Waals surface area contributed by atoms with Gasteiger partial charge in [0, 0.05) is 35.5 Å². The Morgan fingerprint density at radius 1 is 0.826 bits per heavy atom. The van der Waals surface area contributed by atoms with E-state index in [9.17, 15) is 15.0 Å². The molecular weight excluding hydrogens is 609 g/mol. The van der Waals surface area contributed by atoms with Gasteiger partial charge in [-0.2, -0.15) is 0 Å². The zero-order chi connectivity index (χ0) is 34.5. The SMILES string of the molecule is CC(C)[Si](Oc1ccc2c(c1)OC=C1[C@@H]2C(C)(C)[C@H]2C[C@@]3(O)CC(=O)[C@]1(O)[C@@H]2C3O[Si](C(C)C)(C(C)C)C(C)C)(C(C)C)C(C)C. The average Bonchev–Trinajstić information content (AvgIpc) is 3.19. The highest BCUT2D eigenvalue weighted by molar-refractivity contribution is 6.78. The van der Waals surface area contributed by atoms with Crippen molar-refractivity contribution < 1.29 is 28.6 Å². The van der Waals surface area contributed by atoms with Crippen molar-refractivity contribution in [1.82, 2.24) is 0 Å². The van der Waals surface area contributed by atoms with E-state index in [1.807, 2.05) is 6.07 Å². The van der Waals surface area contributed by atoms with E-state index in [-0.39, 0.29) is 29.5 Å². The molecule has 8 heteroatoms. The molecule has 46 heavy (non-hydrogen) atoms. The van der Waals surface area contributed by atoms with Crippen molar-refractivity contribution >= 4 is 22.4 Å². The summed E-state index contributed by atoms with van der Waals surface area (Å²) in [6, 6.07) is 6.18. The highest BCUT2D eigenvalue weighted by Crippen LogP contribution is 2.70. The lowest BCUT2D eigenvalue weighted by molar-refractivity contribution is -0.178. The molecule has 6 nitrogen and oxygen atoms in total. The number of rotatable bonds is 10. The molecule has 1 heterocycles. The number of Topliss-reactive ketones (excluding diaryl/α,β-unsaturated/α-hetero) is 1. The Labute approximate surface area is 280 Å². The van der Waals surface area contributed by atoms with Crippen LogP contribution in [0.2, 0.25) is 33.2 Å². The Hall–Kier alpha value is -1.46. The Balaban J connectivity index is 1.60. The zero-order valence-electron chi connectivity index (χ0n) is 31.0. The van der Waals surface area contributed by atoms with Crippen molar-refractivity contribution in [3.05, 3.63) is 35.6 Å². The number of carbonyl (C=O) groups is 1. The number of benzene rings is 1. The molecule has 6 atom stereocenters. The fourth-order valence-electron chi connectivity index (χ4n) is 11.5. The number of aliphatic hydroxyl groups is 2. The van der Waals surface area contributed by atoms with Gasteiger partial charge in [-0.3, -0.25) is 4.79 Å². The van der Waals surface area contributed by atoms with Crippen molar-refractivity contribution in [2.45, 2.75) is 166 Å². The van der Waals surface area contributed by atoms with Gasteiger partial charge in [-0.05, 0) is 57.1 Å². The van der Waals surface area contributed by atoms with E-state index in [4.69, 9.17) is 13.6 Å². The molecule has 0 saturated heterocycles. The van der Waals surface area contributed by atoms with Crippen molar-refractivity contribution in [2.24, 2.45) is 17.3 Å². The Kier molecular flexibility index (Phi) is 9.01. The van der Waals surface area contributed by atoms with Crippen LogP contribution in [0.3, 0.4) is 0 Å². The maximum absolute atomic E-state index is 14.1. The maximum atomic E-state index is 14.1. The second-order valence-electron chi connectivity index (χ2n) is 17.7. The van der Waals surface area contributed by atoms with Crippen LogP contribution >= 0.6 is 0 Å². The van der Waals surface area contributed by atoms with Crippen LogP contribution in [0.5, 0.6) is 11.5 Å². The fraction of sp³-hybridized carbons (Fsp3) is 0.763. The molecule has 2 bridgehead atoms. The smallest absolute Gasteiger partial charge is 0.258 e. The maximum Gasteiger partial charge on any atom is 0.258 e. The molecule has 258 valence electrons. The summed E-state index contributed by atoms with van der Waals surface area (Å²) in [4.78, 5) is 14.1. The molecule has 1 aliphatic heterocycles. The van der Waals surface area contributed by atoms with Gasteiger partial charge >= 0.3 is 0 Å². The summed E-state index contributed by atoms with van der Waals surface area (Å²) in [5.74, 6) is 0.324. The fourth-order valence-corrected chi connectivity index (χ4v) is 22.4. The van der Waals surface area contributed by atoms with Crippen LogP contribution in [0, 0.1) is 17.3 Å². The molecule has 3 saturated carbocycles. The van der Waals surface area contributed by atoms with Crippen molar-refractivity contribution in [2.75, 3.05) is 0 Å². The molecule has 5 rings (SSSR count). The summed E-state index contributed by atoms with van der Waals surface area (Å²) >= 11 is 0. The topological polar surface area (TPSA) is 85.2 Å². The first kappa shape index (κ1) is 35.8. The Morgan fingerprint density at radius 3 is 1.85 bits per heavy atom. The molecule has 1 aromatic rings. The lowest BCUT2D eigenvalue weighted by Crippen LogP contribution is -2.68. The second kappa shape index (κ2) is 11.6. The molecule has 0 radical (unpaired) electrons. The summed E-state index contributed by atoms with van der Waals surface area (Å²) in [6.07, 6.45) is 1.38. The lowest BCUT2D eigenvalue weighted by Gasteiger charge is -2.59. The Morgan fingerprint density at radius 2 is 1.35 bits per heavy atom. The number of hydrogen-bond donors (Lipinski definition) is 2. The number of ether oxygens (including phenoxy) is 1. The van der Waals surface area contributed by atoms with Crippen LogP contribution in [-0.2, 0) is 9.22 Å². The first-order valence-corrected chi connectivity index (χ1v) is 22.3. The van der Waals surface area contributed by atoms with Crippen LogP contribution in [0.1, 0.15) is 121 Å². The molecule has 1 unspecified atom stereocenters. The number of hydrogen-bond acceptors (Lipinski definition) is 6. The van der Waals surface area contributed by atoms with Crippen LogP contribution in [0.4, 0.5) is 0 Å². The third-order valence-electron chi connectivity index (χ3n) is 13.3. The van der Waals surface area contributed by atoms with E-state index >= 15 is 0 Å². The number of carbonyl (C=O) groups excluding carboxylic acids is 1. The minimum atomic E-state index is -2.45. The van der Waals surface area contributed by atoms with Crippen molar-refractivity contribution in [3.8, 4) is 11.5 Å². The minimum absolute atomic E-state index is 0.105. The molecule has 3 fully saturated rings. The third-order valence-corrected chi connectivity index (χ3v) is 25.4. The van der Waals surface area contributed by atoms with Gasteiger partial charge in [-0.1, -0.05) is 103 Å². The largest absolute Gasteiger partial charge is 0.543 e. The normalized spacial score (nSPS) is 32.0. The van der Waals surface area contributed by atoms with Crippen LogP contribution in [-0.4, -0.2) is 49.9 Å². The quantitative estimate of drug-likeness (QED) is 0.242. The van der Waals surface area contributed by atoms with Crippen LogP contribution < -0.4 is 9.16 Å². The average molecular weight is 671 g/mol. The first-order chi connectivity index (χ1) is 21.1. The molecule has 4 aliphatic rings. The van der Waals surface area contributed by atoms with Crippen molar-refractivity contribution in [3.63, 3.8) is 0 Å². The first-order valence-electron chi connectivity index (χ1n) is 18.0. The van der Waals surface area contributed by atoms with Gasteiger partial charge in [0.25, 0.3) is 8.32 Å². The molecule has 0 amide bonds. The van der Waals surface area contributed by atoms with E-state index in [1.165, 1.54) is 0 Å². The summed E-state index contributed by atoms with van der Waals surface area (Å²) in [5, 5.41) is 25.2. The number of ketones is 1. The lowest BCUT2D eigenvalue weighted by atomic mass is 9.49. The Bertz CT molecular complexity index is 1340. The third kappa shape index (κ3) is 4.73. The van der Waals surface area contributed by atoms with E-state index in [2.05, 4.69) is 109 Å². The summed E-state index contributed by atoms with van der Waals surface area (Å²) in [7, 11) is -4.63. The van der Waals surface area contributed by atoms with E-state index < -0.39 is 39.9 Å². The predicted octanol–water partition coefficient (Wildman–Crippen LogP) is 9.27. The second-order valence-corrected chi connectivity index (χ2v) is 28.5. The molecule has 3 aliphatic carbocycles. The molecule has 1 aromatic carbocycles. The zero-order valence-corrected chi connectivity index (χ0v) is 33.0. The highest BCUT2D eigenvalue weighted by atomic mass is 28.4. The molecule has 0 spiro atoms. The van der Waals surface area contributed by atoms with Gasteiger partial charge in [0.2, 0.25) is 8.32 Å². The van der Waals surface area contributed by atoms with Gasteiger partial charge in [0.15, 0.2) is 11.4 Å². The van der Waals surface area contributed by atoms with E-state index in [0.717, 1.165) is 17.1 Å². The van der Waals surface area contributed by atoms with Crippen LogP contribution in [0.15, 0.2) is 30.0 Å². The van der Waals surface area contributed by atoms with Crippen molar-refractivity contribution in [1.29, 1.82) is 0 Å². The van der Waals surface area contributed by atoms with Gasteiger partial charge in [0.05, 0.1) is 18.0 Å². The summed E-state index contributed by atoms with van der Waals surface area (Å²) < 4.78 is 20.8. The monoisotopic (exact) mass is 670 g/mol. The standard InChI is InChI=1S/C38H62O6Si2/c1-21(2)45(22(3)4,23(5)6)43-27-15-16-28-31(17-27)42-20-30-33(28)36(13,14)29-18-37(40)19-32(39)38(30,41)34(29)35(37)44-46(24(7)8,25(9)10)26(11)12/h15-17,20-26,29,33-35,40-41H,18-19H2,1-14H3/t29-,33+,34-,35?,37+,38-/m0/s1. The highest BCUT2D eigenvalue weighted by Gasteiger charge is 2.76. The van der Waals surface area contributed by atoms with Gasteiger partial charge in [0.1, 0.15) is 11.5 Å². The van der Waals surface area contributed by atoms with Gasteiger partial charge in [-0.15, -0.1) is 0 Å². The summed E-state index contributed by atoms with van der Waals surface area (Å²) in [6.45, 7) is 31.6. The summed E-state index contributed by atoms with van der Waals surface area (Å²) in [5.41, 5.74) is 0.386. The molecular formula is C38H62O6Si2.